The summed E-state index contributed by atoms with van der Waals surface area (Å²) in [6.07, 6.45) is 0.208. The fraction of sp³-hybridized carbons (Fsp3) is 0.258. The van der Waals surface area contributed by atoms with Crippen LogP contribution < -0.4 is 20.6 Å². The van der Waals surface area contributed by atoms with E-state index in [1.165, 1.54) is 0 Å². The van der Waals surface area contributed by atoms with Crippen molar-refractivity contribution in [1.82, 2.24) is 30.7 Å². The van der Waals surface area contributed by atoms with E-state index in [-0.39, 0.29) is 38.0 Å². The third-order valence-corrected chi connectivity index (χ3v) is 8.70. The van der Waals surface area contributed by atoms with Gasteiger partial charge in [-0.1, -0.05) is 17.7 Å². The van der Waals surface area contributed by atoms with E-state index in [1.807, 2.05) is 0 Å². The number of piperazine rings is 1. The largest absolute Gasteiger partial charge is 0.547 e. The molecule has 23 heteroatoms. The van der Waals surface area contributed by atoms with Crippen molar-refractivity contribution in [3.8, 4) is 17.2 Å². The molecule has 0 saturated carbocycles. The van der Waals surface area contributed by atoms with Crippen LogP contribution in [0.2, 0.25) is 5.02 Å². The number of carboxylic acids is 1. The number of carbonyl (C=O) groups is 6. The highest BCUT2D eigenvalue weighted by Crippen LogP contribution is 2.40. The molecule has 5 rings (SSSR count). The van der Waals surface area contributed by atoms with Crippen LogP contribution in [-0.4, -0.2) is 110 Å². The minimum atomic E-state index is -2.11. The molecule has 2 aliphatic heterocycles. The van der Waals surface area contributed by atoms with E-state index in [2.05, 4.69) is 20.9 Å². The first-order valence-electron chi connectivity index (χ1n) is 15.6. The Labute approximate surface area is 305 Å². The number of carboxylic acid groups (broad SMARTS) is 1. The molecule has 6 amide bonds. The maximum Gasteiger partial charge on any atom is 0.547 e. The normalized spacial score (nSPS) is 16.0. The van der Waals surface area contributed by atoms with Gasteiger partial charge in [-0.3, -0.25) is 24.1 Å². The van der Waals surface area contributed by atoms with Gasteiger partial charge in [0.25, 0.3) is 5.91 Å². The quantitative estimate of drug-likeness (QED) is 0.0377. The molecule has 7 N–H and O–H groups in total. The maximum atomic E-state index is 14.6. The van der Waals surface area contributed by atoms with Crippen molar-refractivity contribution in [2.45, 2.75) is 24.8 Å². The van der Waals surface area contributed by atoms with Crippen molar-refractivity contribution in [3.63, 3.8) is 0 Å². The van der Waals surface area contributed by atoms with Crippen LogP contribution >= 0.6 is 11.6 Å². The van der Waals surface area contributed by atoms with Gasteiger partial charge in [0.2, 0.25) is 11.9 Å². The van der Waals surface area contributed by atoms with Gasteiger partial charge in [-0.2, -0.15) is 4.39 Å². The third-order valence-electron chi connectivity index (χ3n) is 8.30. The topological polar surface area (TPSA) is 248 Å². The number of carbonyl (C=O) groups excluding carboxylic acids is 5. The van der Waals surface area contributed by atoms with Crippen molar-refractivity contribution >= 4 is 54.3 Å². The molecule has 54 heavy (non-hydrogen) atoms. The van der Waals surface area contributed by atoms with Crippen LogP contribution in [0.3, 0.4) is 0 Å². The molecule has 1 aromatic heterocycles. The molecule has 0 bridgehead atoms. The number of halogens is 5. The summed E-state index contributed by atoms with van der Waals surface area (Å²) < 4.78 is 61.1. The Hall–Kier alpha value is -6.16. The smallest absolute Gasteiger partial charge is 0.534 e. The summed E-state index contributed by atoms with van der Waals surface area (Å²) in [7, 11) is -2.00. The number of amides is 6. The Balaban J connectivity index is 1.28. The molecular weight excluding hydrogens is 755 g/mol. The predicted octanol–water partition coefficient (Wildman–Crippen LogP) is 0.782. The van der Waals surface area contributed by atoms with E-state index in [9.17, 15) is 66.7 Å². The molecule has 3 aromatic rings. The highest BCUT2D eigenvalue weighted by molar-refractivity contribution is 6.47. The summed E-state index contributed by atoms with van der Waals surface area (Å²) in [5.74, 6) is -15.8. The van der Waals surface area contributed by atoms with Gasteiger partial charge in [0.05, 0.1) is 22.7 Å². The number of phenolic OH excluding ortho intramolecular Hbond substituents is 2. The Bertz CT molecular complexity index is 2080. The number of hydrogen-bond donors (Lipinski definition) is 7. The fourth-order valence-electron chi connectivity index (χ4n) is 5.58. The molecule has 2 aromatic carbocycles. The highest BCUT2D eigenvalue weighted by Gasteiger charge is 2.42. The maximum absolute atomic E-state index is 14.6. The van der Waals surface area contributed by atoms with Crippen molar-refractivity contribution < 1.29 is 71.3 Å². The zero-order chi connectivity index (χ0) is 39.6. The standard InChI is InChI=1S/C31H26BClF4N6O11/c33-21-14(9-16(35)23(44)24(21)45)22(27(47)40-18-8-12-2-3-15(34)20(30(50)51)25(12)54-32(18)53)41-31(52)43-7-6-42(28(48)29(43)49)5-1-4-38-26(46)13-10-19(37)39-11-17(13)36/h2-3,9-11,18,22,44-45,53H,1,4-8H2,(H,38,46)(H,40,47)(H,41,52)(H,50,51). The lowest BCUT2D eigenvalue weighted by Gasteiger charge is -2.34. The summed E-state index contributed by atoms with van der Waals surface area (Å²) in [4.78, 5) is 81.2. The van der Waals surface area contributed by atoms with Crippen LogP contribution in [0.5, 0.6) is 17.2 Å². The summed E-state index contributed by atoms with van der Waals surface area (Å²) >= 11 is 6.10. The van der Waals surface area contributed by atoms with Crippen LogP contribution in [-0.2, 0) is 20.8 Å². The second-order valence-corrected chi connectivity index (χ2v) is 12.1. The van der Waals surface area contributed by atoms with Crippen molar-refractivity contribution in [1.29, 1.82) is 0 Å². The fourth-order valence-corrected chi connectivity index (χ4v) is 5.83. The van der Waals surface area contributed by atoms with Gasteiger partial charge in [-0.15, -0.1) is 0 Å². The number of benzene rings is 2. The molecular formula is C31H26BClF4N6O11. The second-order valence-electron chi connectivity index (χ2n) is 11.7. The van der Waals surface area contributed by atoms with E-state index >= 15 is 0 Å². The number of urea groups is 1. The van der Waals surface area contributed by atoms with E-state index in [0.717, 1.165) is 17.0 Å². The SMILES string of the molecule is O=C(NCCCN1CCN(C(=O)NC(C(=O)NC2Cc3ccc(F)c(C(=O)O)c3OB2O)c2cc(F)c(O)c(O)c2Cl)C(=O)C1=O)c1cc(F)ncc1F. The zero-order valence-corrected chi connectivity index (χ0v) is 28.0. The van der Waals surface area contributed by atoms with Crippen LogP contribution in [0.4, 0.5) is 22.4 Å². The van der Waals surface area contributed by atoms with E-state index < -0.39 is 124 Å². The minimum Gasteiger partial charge on any atom is -0.534 e. The molecule has 0 spiro atoms. The first kappa shape index (κ1) is 39.1. The molecule has 0 radical (unpaired) electrons. The van der Waals surface area contributed by atoms with Crippen LogP contribution in [0.15, 0.2) is 30.5 Å². The van der Waals surface area contributed by atoms with Gasteiger partial charge in [-0.25, -0.2) is 27.7 Å². The van der Waals surface area contributed by atoms with Gasteiger partial charge in [0, 0.05) is 37.8 Å². The number of fused-ring (bicyclic) bond motifs is 1. The number of nitrogens with one attached hydrogen (secondary N) is 3. The number of phenols is 2. The lowest BCUT2D eigenvalue weighted by molar-refractivity contribution is -0.153. The molecule has 17 nitrogen and oxygen atoms in total. The van der Waals surface area contributed by atoms with Crippen LogP contribution in [0.25, 0.3) is 0 Å². The number of imide groups is 1. The summed E-state index contributed by atoms with van der Waals surface area (Å²) in [6.45, 7) is -0.958. The molecule has 3 heterocycles. The van der Waals surface area contributed by atoms with Crippen molar-refractivity contribution in [3.05, 3.63) is 81.1 Å². The van der Waals surface area contributed by atoms with Gasteiger partial charge in [0.1, 0.15) is 23.2 Å². The van der Waals surface area contributed by atoms with E-state index in [1.54, 1.807) is 0 Å². The van der Waals surface area contributed by atoms with Gasteiger partial charge in [0.15, 0.2) is 23.1 Å². The van der Waals surface area contributed by atoms with Crippen molar-refractivity contribution in [2.24, 2.45) is 0 Å². The average Bonchev–Trinajstić information content (AvgIpc) is 3.12. The average molecular weight is 781 g/mol. The number of aromatic hydroxyl groups is 2. The summed E-state index contributed by atoms with van der Waals surface area (Å²) in [5.41, 5.74) is -2.11. The Morgan fingerprint density at radius 1 is 1.02 bits per heavy atom. The number of aromatic carboxylic acids is 1. The van der Waals surface area contributed by atoms with E-state index in [4.69, 9.17) is 16.3 Å². The molecule has 2 aliphatic rings. The number of aromatic nitrogens is 1. The highest BCUT2D eigenvalue weighted by atomic mass is 35.5. The van der Waals surface area contributed by atoms with Gasteiger partial charge in [-0.05, 0) is 30.5 Å². The number of hydrogen-bond acceptors (Lipinski definition) is 11. The number of rotatable bonds is 10. The molecule has 284 valence electrons. The van der Waals surface area contributed by atoms with Crippen LogP contribution in [0.1, 0.15) is 44.3 Å². The molecule has 2 unspecified atom stereocenters. The van der Waals surface area contributed by atoms with Gasteiger partial charge >= 0.3 is 30.9 Å². The minimum absolute atomic E-state index is 0.0383. The lowest BCUT2D eigenvalue weighted by Crippen LogP contribution is -2.60. The monoisotopic (exact) mass is 780 g/mol. The Morgan fingerprint density at radius 2 is 1.74 bits per heavy atom. The Kier molecular flexibility index (Phi) is 11.5. The Morgan fingerprint density at radius 3 is 2.44 bits per heavy atom. The third kappa shape index (κ3) is 7.93. The molecule has 1 saturated heterocycles. The van der Waals surface area contributed by atoms with Gasteiger partial charge < -0.3 is 45.8 Å². The van der Waals surface area contributed by atoms with Crippen molar-refractivity contribution in [2.75, 3.05) is 26.2 Å². The molecule has 0 aliphatic carbocycles. The number of nitrogens with zero attached hydrogens (tertiary/aromatic N) is 3. The molecule has 1 fully saturated rings. The summed E-state index contributed by atoms with van der Waals surface area (Å²) in [5, 5.41) is 45.9. The van der Waals surface area contributed by atoms with E-state index in [0.29, 0.717) is 23.2 Å². The first-order chi connectivity index (χ1) is 25.5. The number of pyridine rings is 1. The lowest BCUT2D eigenvalue weighted by atomic mass is 9.72. The molecule has 2 atom stereocenters. The second kappa shape index (κ2) is 15.8. The first-order valence-corrected chi connectivity index (χ1v) is 16.0. The predicted molar refractivity (Wildman–Crippen MR) is 173 cm³/mol. The zero-order valence-electron chi connectivity index (χ0n) is 27.2. The summed E-state index contributed by atoms with van der Waals surface area (Å²) in [6, 6.07) is -0.464. The van der Waals surface area contributed by atoms with Crippen LogP contribution in [0, 0.1) is 23.4 Å².